The summed E-state index contributed by atoms with van der Waals surface area (Å²) in [5, 5.41) is 3.01. The van der Waals surface area contributed by atoms with Gasteiger partial charge in [0.15, 0.2) is 0 Å². The van der Waals surface area contributed by atoms with Gasteiger partial charge in [0.25, 0.3) is 5.91 Å². The van der Waals surface area contributed by atoms with E-state index >= 15 is 0 Å². The zero-order chi connectivity index (χ0) is 17.6. The molecule has 1 N–H and O–H groups in total. The molecule has 0 radical (unpaired) electrons. The SMILES string of the molecule is CN(C)C1(CNC(=O)c2ccc(OC(F)F)cc2)CCCCCC1. The highest BCUT2D eigenvalue weighted by Crippen LogP contribution is 2.30. The molecule has 24 heavy (non-hydrogen) atoms. The van der Waals surface area contributed by atoms with E-state index in [9.17, 15) is 13.6 Å². The average Bonchev–Trinajstić information content (AvgIpc) is 2.79. The largest absolute Gasteiger partial charge is 0.435 e. The van der Waals surface area contributed by atoms with Crippen LogP contribution in [0.2, 0.25) is 0 Å². The van der Waals surface area contributed by atoms with Crippen LogP contribution in [0, 0.1) is 0 Å². The number of hydrogen-bond donors (Lipinski definition) is 1. The number of carbonyl (C=O) groups is 1. The van der Waals surface area contributed by atoms with E-state index in [0.717, 1.165) is 12.8 Å². The molecule has 0 heterocycles. The van der Waals surface area contributed by atoms with Gasteiger partial charge in [-0.1, -0.05) is 25.7 Å². The van der Waals surface area contributed by atoms with Gasteiger partial charge < -0.3 is 15.0 Å². The Bertz CT molecular complexity index is 524. The summed E-state index contributed by atoms with van der Waals surface area (Å²) in [6.07, 6.45) is 6.98. The molecule has 6 heteroatoms. The molecule has 1 aromatic carbocycles. The molecular weight excluding hydrogens is 314 g/mol. The molecule has 1 saturated carbocycles. The van der Waals surface area contributed by atoms with Gasteiger partial charge in [-0.05, 0) is 51.2 Å². The van der Waals surface area contributed by atoms with Gasteiger partial charge >= 0.3 is 6.61 Å². The topological polar surface area (TPSA) is 41.6 Å². The summed E-state index contributed by atoms with van der Waals surface area (Å²) in [6, 6.07) is 5.77. The number of ether oxygens (including phenoxy) is 1. The number of amides is 1. The van der Waals surface area contributed by atoms with Crippen LogP contribution < -0.4 is 10.1 Å². The van der Waals surface area contributed by atoms with Crippen molar-refractivity contribution in [2.24, 2.45) is 0 Å². The van der Waals surface area contributed by atoms with Crippen molar-refractivity contribution in [1.82, 2.24) is 10.2 Å². The first-order valence-electron chi connectivity index (χ1n) is 8.43. The molecule has 134 valence electrons. The lowest BCUT2D eigenvalue weighted by Crippen LogP contribution is -2.52. The molecule has 1 amide bonds. The molecule has 1 aromatic rings. The first kappa shape index (κ1) is 18.6. The first-order valence-corrected chi connectivity index (χ1v) is 8.43. The minimum atomic E-state index is -2.86. The number of carbonyl (C=O) groups excluding carboxylic acids is 1. The second-order valence-corrected chi connectivity index (χ2v) is 6.62. The van der Waals surface area contributed by atoms with Crippen molar-refractivity contribution in [1.29, 1.82) is 0 Å². The Hall–Kier alpha value is -1.69. The zero-order valence-electron chi connectivity index (χ0n) is 14.4. The molecule has 0 saturated heterocycles. The number of nitrogens with one attached hydrogen (secondary N) is 1. The van der Waals surface area contributed by atoms with Crippen molar-refractivity contribution < 1.29 is 18.3 Å². The summed E-state index contributed by atoms with van der Waals surface area (Å²) in [5.41, 5.74) is 0.435. The van der Waals surface area contributed by atoms with E-state index < -0.39 is 6.61 Å². The van der Waals surface area contributed by atoms with Crippen LogP contribution in [-0.4, -0.2) is 43.6 Å². The maximum atomic E-state index is 12.4. The quantitative estimate of drug-likeness (QED) is 0.804. The maximum absolute atomic E-state index is 12.4. The fraction of sp³-hybridized carbons (Fsp3) is 0.611. The van der Waals surface area contributed by atoms with E-state index in [1.54, 1.807) is 0 Å². The predicted molar refractivity (Wildman–Crippen MR) is 89.5 cm³/mol. The van der Waals surface area contributed by atoms with Gasteiger partial charge in [0.2, 0.25) is 0 Å². The van der Waals surface area contributed by atoms with Gasteiger partial charge in [-0.25, -0.2) is 0 Å². The van der Waals surface area contributed by atoms with Crippen molar-refractivity contribution in [2.75, 3.05) is 20.6 Å². The van der Waals surface area contributed by atoms with Crippen LogP contribution in [0.4, 0.5) is 8.78 Å². The van der Waals surface area contributed by atoms with Gasteiger partial charge in [-0.3, -0.25) is 4.79 Å². The fourth-order valence-corrected chi connectivity index (χ4v) is 3.30. The van der Waals surface area contributed by atoms with E-state index in [-0.39, 0.29) is 17.2 Å². The van der Waals surface area contributed by atoms with Crippen molar-refractivity contribution in [3.63, 3.8) is 0 Å². The Morgan fingerprint density at radius 3 is 2.25 bits per heavy atom. The third-order valence-corrected chi connectivity index (χ3v) is 4.90. The molecule has 1 fully saturated rings. The number of rotatable bonds is 6. The number of halogens is 2. The lowest BCUT2D eigenvalue weighted by molar-refractivity contribution is -0.0498. The Kier molecular flexibility index (Phi) is 6.54. The normalized spacial score (nSPS) is 17.6. The predicted octanol–water partition coefficient (Wildman–Crippen LogP) is 3.67. The highest BCUT2D eigenvalue weighted by atomic mass is 19.3. The summed E-state index contributed by atoms with van der Waals surface area (Å²) < 4.78 is 28.6. The molecular formula is C18H26F2N2O2. The highest BCUT2D eigenvalue weighted by molar-refractivity contribution is 5.94. The Balaban J connectivity index is 1.97. The monoisotopic (exact) mass is 340 g/mol. The van der Waals surface area contributed by atoms with Crippen LogP contribution >= 0.6 is 0 Å². The van der Waals surface area contributed by atoms with Crippen LogP contribution in [-0.2, 0) is 0 Å². The zero-order valence-corrected chi connectivity index (χ0v) is 14.4. The van der Waals surface area contributed by atoms with E-state index in [0.29, 0.717) is 12.1 Å². The van der Waals surface area contributed by atoms with Crippen LogP contribution in [0.25, 0.3) is 0 Å². The van der Waals surface area contributed by atoms with E-state index in [1.807, 2.05) is 0 Å². The number of benzene rings is 1. The van der Waals surface area contributed by atoms with Crippen molar-refractivity contribution in [3.05, 3.63) is 29.8 Å². The lowest BCUT2D eigenvalue weighted by atomic mass is 9.88. The van der Waals surface area contributed by atoms with Gasteiger partial charge in [-0.2, -0.15) is 8.78 Å². The smallest absolute Gasteiger partial charge is 0.387 e. The van der Waals surface area contributed by atoms with Crippen molar-refractivity contribution in [3.8, 4) is 5.75 Å². The number of likely N-dealkylation sites (N-methyl/N-ethyl adjacent to an activating group) is 1. The van der Waals surface area contributed by atoms with Gasteiger partial charge in [-0.15, -0.1) is 0 Å². The third-order valence-electron chi connectivity index (χ3n) is 4.90. The molecule has 4 nitrogen and oxygen atoms in total. The molecule has 0 unspecified atom stereocenters. The molecule has 0 atom stereocenters. The average molecular weight is 340 g/mol. The first-order chi connectivity index (χ1) is 11.4. The fourth-order valence-electron chi connectivity index (χ4n) is 3.30. The van der Waals surface area contributed by atoms with E-state index in [1.165, 1.54) is 49.9 Å². The molecule has 1 aliphatic carbocycles. The summed E-state index contributed by atoms with van der Waals surface area (Å²) in [6.45, 7) is -2.27. The summed E-state index contributed by atoms with van der Waals surface area (Å²) >= 11 is 0. The van der Waals surface area contributed by atoms with Crippen molar-refractivity contribution >= 4 is 5.91 Å². The minimum Gasteiger partial charge on any atom is -0.435 e. The van der Waals surface area contributed by atoms with Crippen LogP contribution in [0.5, 0.6) is 5.75 Å². The number of hydrogen-bond acceptors (Lipinski definition) is 3. The summed E-state index contributed by atoms with van der Waals surface area (Å²) in [5.74, 6) is -0.140. The third kappa shape index (κ3) is 4.90. The minimum absolute atomic E-state index is 0.00904. The van der Waals surface area contributed by atoms with Gasteiger partial charge in [0.1, 0.15) is 5.75 Å². The highest BCUT2D eigenvalue weighted by Gasteiger charge is 2.33. The molecule has 1 aliphatic rings. The molecule has 0 aromatic heterocycles. The Morgan fingerprint density at radius 1 is 1.17 bits per heavy atom. The number of nitrogens with zero attached hydrogens (tertiary/aromatic N) is 1. The Morgan fingerprint density at radius 2 is 1.75 bits per heavy atom. The summed E-state index contributed by atoms with van der Waals surface area (Å²) in [4.78, 5) is 14.6. The maximum Gasteiger partial charge on any atom is 0.387 e. The van der Waals surface area contributed by atoms with Crippen LogP contribution in [0.15, 0.2) is 24.3 Å². The second-order valence-electron chi connectivity index (χ2n) is 6.62. The van der Waals surface area contributed by atoms with Gasteiger partial charge in [0, 0.05) is 17.6 Å². The Labute approximate surface area is 142 Å². The standard InChI is InChI=1S/C18H26F2N2O2/c1-22(2)18(11-5-3-4-6-12-18)13-21-16(23)14-7-9-15(10-8-14)24-17(19)20/h7-10,17H,3-6,11-13H2,1-2H3,(H,21,23). The van der Waals surface area contributed by atoms with E-state index in [4.69, 9.17) is 0 Å². The molecule has 0 bridgehead atoms. The molecule has 2 rings (SSSR count). The van der Waals surface area contributed by atoms with Crippen LogP contribution in [0.1, 0.15) is 48.9 Å². The van der Waals surface area contributed by atoms with Gasteiger partial charge in [0.05, 0.1) is 0 Å². The summed E-state index contributed by atoms with van der Waals surface area (Å²) in [7, 11) is 4.13. The van der Waals surface area contributed by atoms with Crippen molar-refractivity contribution in [2.45, 2.75) is 50.7 Å². The molecule has 0 spiro atoms. The lowest BCUT2D eigenvalue weighted by Gasteiger charge is -2.39. The van der Waals surface area contributed by atoms with Crippen LogP contribution in [0.3, 0.4) is 0 Å². The van der Waals surface area contributed by atoms with E-state index in [2.05, 4.69) is 29.0 Å². The molecule has 0 aliphatic heterocycles. The second kappa shape index (κ2) is 8.42. The number of alkyl halides is 2.